The average Bonchev–Trinajstić information content (AvgIpc) is 3.07. The molecule has 2 aliphatic rings. The molecule has 0 aliphatic carbocycles. The van der Waals surface area contributed by atoms with E-state index in [1.807, 2.05) is 31.3 Å². The lowest BCUT2D eigenvalue weighted by Gasteiger charge is -2.40. The molecule has 7 heteroatoms. The van der Waals surface area contributed by atoms with Crippen molar-refractivity contribution in [1.82, 2.24) is 19.9 Å². The van der Waals surface area contributed by atoms with Gasteiger partial charge in [-0.25, -0.2) is 15.0 Å². The second-order valence-electron chi connectivity index (χ2n) is 7.20. The maximum atomic E-state index is 12.8. The third kappa shape index (κ3) is 2.87. The van der Waals surface area contributed by atoms with Gasteiger partial charge in [0.1, 0.15) is 12.1 Å². The minimum Gasteiger partial charge on any atom is -0.373 e. The minimum absolute atomic E-state index is 0.231. The Morgan fingerprint density at radius 2 is 1.88 bits per heavy atom. The number of aryl methyl sites for hydroxylation is 1. The predicted molar refractivity (Wildman–Crippen MR) is 99.9 cm³/mol. The number of nitrogens with zero attached hydrogens (tertiary/aromatic N) is 5. The van der Waals surface area contributed by atoms with Gasteiger partial charge in [-0.15, -0.1) is 0 Å². The van der Waals surface area contributed by atoms with E-state index >= 15 is 0 Å². The summed E-state index contributed by atoms with van der Waals surface area (Å²) < 4.78 is 0. The molecule has 2 aromatic rings. The fraction of sp³-hybridized carbons (Fsp3) is 0.474. The molecule has 26 heavy (non-hydrogen) atoms. The molecule has 0 saturated carbocycles. The molecule has 4 rings (SSSR count). The summed E-state index contributed by atoms with van der Waals surface area (Å²) in [5.74, 6) is 1.53. The van der Waals surface area contributed by atoms with Crippen LogP contribution < -0.4 is 10.2 Å². The van der Waals surface area contributed by atoms with Crippen LogP contribution in [0.15, 0.2) is 18.7 Å². The first-order valence-corrected chi connectivity index (χ1v) is 9.01. The first-order chi connectivity index (χ1) is 12.6. The van der Waals surface area contributed by atoms with E-state index in [1.165, 1.54) is 23.0 Å². The number of amides is 1. The molecule has 0 aromatic carbocycles. The SMILES string of the molecule is CNc1nc(C)c(C)c2c1CN(C(=O)CC1CN(c3cncnc3)C1)C2. The zero-order chi connectivity index (χ0) is 18.3. The van der Waals surface area contributed by atoms with Crippen LogP contribution >= 0.6 is 0 Å². The van der Waals surface area contributed by atoms with Crippen molar-refractivity contribution in [3.8, 4) is 0 Å². The van der Waals surface area contributed by atoms with E-state index in [0.717, 1.165) is 30.3 Å². The van der Waals surface area contributed by atoms with E-state index in [0.29, 0.717) is 25.4 Å². The molecule has 0 spiro atoms. The molecule has 1 saturated heterocycles. The van der Waals surface area contributed by atoms with Gasteiger partial charge < -0.3 is 15.1 Å². The number of fused-ring (bicyclic) bond motifs is 1. The minimum atomic E-state index is 0.231. The topological polar surface area (TPSA) is 74.2 Å². The van der Waals surface area contributed by atoms with Crippen molar-refractivity contribution in [3.05, 3.63) is 41.1 Å². The highest BCUT2D eigenvalue weighted by molar-refractivity contribution is 5.78. The predicted octanol–water partition coefficient (Wildman–Crippen LogP) is 1.90. The van der Waals surface area contributed by atoms with Crippen molar-refractivity contribution in [2.45, 2.75) is 33.4 Å². The lowest BCUT2D eigenvalue weighted by Crippen LogP contribution is -2.48. The summed E-state index contributed by atoms with van der Waals surface area (Å²) in [6, 6.07) is 0. The summed E-state index contributed by atoms with van der Waals surface area (Å²) in [5.41, 5.74) is 5.68. The van der Waals surface area contributed by atoms with Gasteiger partial charge in [0.25, 0.3) is 0 Å². The molecule has 0 bridgehead atoms. The Hall–Kier alpha value is -2.70. The highest BCUT2D eigenvalue weighted by Gasteiger charge is 2.33. The molecule has 4 heterocycles. The van der Waals surface area contributed by atoms with Crippen molar-refractivity contribution < 1.29 is 4.79 Å². The van der Waals surface area contributed by atoms with Crippen molar-refractivity contribution in [1.29, 1.82) is 0 Å². The monoisotopic (exact) mass is 352 g/mol. The van der Waals surface area contributed by atoms with Crippen LogP contribution in [0.2, 0.25) is 0 Å². The number of pyridine rings is 1. The van der Waals surface area contributed by atoms with Crippen molar-refractivity contribution >= 4 is 17.4 Å². The van der Waals surface area contributed by atoms with E-state index in [2.05, 4.69) is 32.1 Å². The molecule has 2 aliphatic heterocycles. The second-order valence-corrected chi connectivity index (χ2v) is 7.20. The van der Waals surface area contributed by atoms with Crippen molar-refractivity contribution in [2.75, 3.05) is 30.4 Å². The van der Waals surface area contributed by atoms with E-state index in [9.17, 15) is 4.79 Å². The van der Waals surface area contributed by atoms with Gasteiger partial charge in [0.15, 0.2) is 0 Å². The Morgan fingerprint density at radius 3 is 2.58 bits per heavy atom. The maximum absolute atomic E-state index is 12.8. The number of nitrogens with one attached hydrogen (secondary N) is 1. The van der Waals surface area contributed by atoms with E-state index in [4.69, 9.17) is 0 Å². The van der Waals surface area contributed by atoms with Crippen molar-refractivity contribution in [3.63, 3.8) is 0 Å². The first kappa shape index (κ1) is 16.8. The molecular formula is C19H24N6O. The van der Waals surface area contributed by atoms with Crippen LogP contribution in [0.1, 0.15) is 28.8 Å². The zero-order valence-corrected chi connectivity index (χ0v) is 15.5. The Kier molecular flexibility index (Phi) is 4.22. The van der Waals surface area contributed by atoms with Crippen LogP contribution in [0.4, 0.5) is 11.5 Å². The van der Waals surface area contributed by atoms with Gasteiger partial charge in [-0.1, -0.05) is 0 Å². The summed E-state index contributed by atoms with van der Waals surface area (Å²) in [4.78, 5) is 29.7. The number of aromatic nitrogens is 3. The third-order valence-electron chi connectivity index (χ3n) is 5.55. The van der Waals surface area contributed by atoms with E-state index in [-0.39, 0.29) is 5.91 Å². The smallest absolute Gasteiger partial charge is 0.223 e. The van der Waals surface area contributed by atoms with Gasteiger partial charge in [-0.2, -0.15) is 0 Å². The Balaban J connectivity index is 1.38. The molecular weight excluding hydrogens is 328 g/mol. The highest BCUT2D eigenvalue weighted by Crippen LogP contribution is 2.33. The maximum Gasteiger partial charge on any atom is 0.223 e. The number of anilines is 2. The lowest BCUT2D eigenvalue weighted by molar-refractivity contribution is -0.133. The molecule has 1 fully saturated rings. The lowest BCUT2D eigenvalue weighted by atomic mass is 9.95. The van der Waals surface area contributed by atoms with Gasteiger partial charge >= 0.3 is 0 Å². The fourth-order valence-corrected chi connectivity index (χ4v) is 3.85. The average molecular weight is 352 g/mol. The standard InChI is InChI=1S/C19H24N6O/c1-12-13(2)23-19(20-3)17-10-25(9-16(12)17)18(26)4-14-7-24(8-14)15-5-21-11-22-6-15/h5-6,11,14H,4,7-10H2,1-3H3,(H,20,23). The number of carbonyl (C=O) groups excluding carboxylic acids is 1. The molecule has 0 atom stereocenters. The summed E-state index contributed by atoms with van der Waals surface area (Å²) in [6.45, 7) is 7.25. The summed E-state index contributed by atoms with van der Waals surface area (Å²) in [7, 11) is 1.89. The summed E-state index contributed by atoms with van der Waals surface area (Å²) in [6.07, 6.45) is 5.77. The number of rotatable bonds is 4. The molecule has 2 aromatic heterocycles. The molecule has 1 N–H and O–H groups in total. The molecule has 136 valence electrons. The van der Waals surface area contributed by atoms with Gasteiger partial charge in [-0.05, 0) is 25.0 Å². The Labute approximate surface area is 153 Å². The van der Waals surface area contributed by atoms with E-state index < -0.39 is 0 Å². The van der Waals surface area contributed by atoms with Crippen LogP contribution in [-0.4, -0.2) is 45.9 Å². The number of hydrogen-bond acceptors (Lipinski definition) is 6. The Bertz CT molecular complexity index is 832. The van der Waals surface area contributed by atoms with Gasteiger partial charge in [0, 0.05) is 56.8 Å². The highest BCUT2D eigenvalue weighted by atomic mass is 16.2. The van der Waals surface area contributed by atoms with Crippen molar-refractivity contribution in [2.24, 2.45) is 5.92 Å². The van der Waals surface area contributed by atoms with Crippen LogP contribution in [0.5, 0.6) is 0 Å². The number of hydrogen-bond donors (Lipinski definition) is 1. The summed E-state index contributed by atoms with van der Waals surface area (Å²) >= 11 is 0. The second kappa shape index (κ2) is 6.55. The van der Waals surface area contributed by atoms with Crippen LogP contribution in [-0.2, 0) is 17.9 Å². The fourth-order valence-electron chi connectivity index (χ4n) is 3.85. The van der Waals surface area contributed by atoms with Gasteiger partial charge in [0.05, 0.1) is 18.1 Å². The van der Waals surface area contributed by atoms with Gasteiger partial charge in [0.2, 0.25) is 5.91 Å². The molecule has 0 unspecified atom stereocenters. The Morgan fingerprint density at radius 1 is 1.19 bits per heavy atom. The van der Waals surface area contributed by atoms with Gasteiger partial charge in [-0.3, -0.25) is 4.79 Å². The van der Waals surface area contributed by atoms with E-state index in [1.54, 1.807) is 0 Å². The molecule has 1 amide bonds. The van der Waals surface area contributed by atoms with Crippen LogP contribution in [0, 0.1) is 19.8 Å². The molecule has 0 radical (unpaired) electrons. The third-order valence-corrected chi connectivity index (χ3v) is 5.55. The van der Waals surface area contributed by atoms with Crippen LogP contribution in [0.3, 0.4) is 0 Å². The number of carbonyl (C=O) groups is 1. The van der Waals surface area contributed by atoms with Crippen LogP contribution in [0.25, 0.3) is 0 Å². The largest absolute Gasteiger partial charge is 0.373 e. The quantitative estimate of drug-likeness (QED) is 0.906. The normalized spacial score (nSPS) is 16.4. The molecule has 7 nitrogen and oxygen atoms in total. The zero-order valence-electron chi connectivity index (χ0n) is 15.5. The first-order valence-electron chi connectivity index (χ1n) is 9.01. The summed E-state index contributed by atoms with van der Waals surface area (Å²) in [5, 5.41) is 3.17.